The zero-order chi connectivity index (χ0) is 37.3. The third-order valence-corrected chi connectivity index (χ3v) is 14.8. The maximum absolute atomic E-state index is 6.77. The lowest BCUT2D eigenvalue weighted by Gasteiger charge is -2.42. The van der Waals surface area contributed by atoms with Gasteiger partial charge in [0.15, 0.2) is 0 Å². The largest absolute Gasteiger partial charge is 0.310 e. The second kappa shape index (κ2) is 13.1. The molecule has 7 heteroatoms. The summed E-state index contributed by atoms with van der Waals surface area (Å²) in [6, 6.07) is 65.4. The molecule has 2 heterocycles. The fourth-order valence-corrected chi connectivity index (χ4v) is 12.4. The maximum Gasteiger partial charge on any atom is 0.115 e. The van der Waals surface area contributed by atoms with Gasteiger partial charge in [-0.05, 0) is 90.3 Å². The molecule has 250 valence electrons. The van der Waals surface area contributed by atoms with E-state index in [2.05, 4.69) is 179 Å². The smallest absolute Gasteiger partial charge is 0.115 e. The van der Waals surface area contributed by atoms with Crippen molar-refractivity contribution in [3.63, 3.8) is 0 Å². The summed E-state index contributed by atoms with van der Waals surface area (Å²) in [6.45, 7) is 0. The Hall–Kier alpha value is -6.03. The lowest BCUT2D eigenvalue weighted by molar-refractivity contribution is 1.14. The fourth-order valence-electron chi connectivity index (χ4n) is 8.47. The van der Waals surface area contributed by atoms with E-state index in [1.807, 2.05) is 12.1 Å². The number of hydrogen-bond acceptors (Lipinski definition) is 0. The van der Waals surface area contributed by atoms with Gasteiger partial charge >= 0.3 is 0 Å². The standard InChI is InChI=1S/C48H30B4N2S/c49-44-43-38-24-11-13-26-41(38)54(48(43)47(52)46(51)45(44)50)32-27-28-42-39(30-32)37-23-10-12-25-40(37)53(42)31-15-14-22-36(29-31)55(33-16-4-1-5-17-33,34-18-6-2-7-19-34)35-20-8-3-9-21-35/h1-30H. The molecule has 0 spiro atoms. The Morgan fingerprint density at radius 1 is 0.327 bits per heavy atom. The predicted molar refractivity (Wildman–Crippen MR) is 237 cm³/mol. The molecule has 0 aliphatic rings. The van der Waals surface area contributed by atoms with E-state index in [4.69, 9.17) is 31.4 Å². The number of rotatable bonds is 6. The van der Waals surface area contributed by atoms with Crippen LogP contribution in [0, 0.1) is 0 Å². The summed E-state index contributed by atoms with van der Waals surface area (Å²) in [5.41, 5.74) is 7.44. The molecule has 0 fully saturated rings. The third kappa shape index (κ3) is 4.96. The highest BCUT2D eigenvalue weighted by Gasteiger charge is 2.33. The van der Waals surface area contributed by atoms with E-state index >= 15 is 0 Å². The minimum Gasteiger partial charge on any atom is -0.310 e. The van der Waals surface area contributed by atoms with Gasteiger partial charge in [-0.25, -0.2) is 0 Å². The third-order valence-electron chi connectivity index (χ3n) is 10.9. The van der Waals surface area contributed by atoms with Crippen LogP contribution in [0.1, 0.15) is 0 Å². The van der Waals surface area contributed by atoms with Gasteiger partial charge in [0, 0.05) is 52.6 Å². The van der Waals surface area contributed by atoms with E-state index in [0.29, 0.717) is 21.9 Å². The number of hydrogen-bond donors (Lipinski definition) is 0. The minimum atomic E-state index is -1.88. The van der Waals surface area contributed by atoms with Crippen LogP contribution < -0.4 is 21.9 Å². The quantitative estimate of drug-likeness (QED) is 0.154. The van der Waals surface area contributed by atoms with Crippen LogP contribution in [-0.4, -0.2) is 40.5 Å². The molecule has 0 unspecified atom stereocenters. The number of benzene rings is 8. The van der Waals surface area contributed by atoms with E-state index in [9.17, 15) is 0 Å². The van der Waals surface area contributed by atoms with Crippen molar-refractivity contribution in [2.45, 2.75) is 19.6 Å². The van der Waals surface area contributed by atoms with Crippen molar-refractivity contribution in [3.05, 3.63) is 182 Å². The fraction of sp³-hybridized carbons (Fsp3) is 0. The first-order valence-corrected chi connectivity index (χ1v) is 19.9. The number of nitrogens with zero attached hydrogens (tertiary/aromatic N) is 2. The summed E-state index contributed by atoms with van der Waals surface area (Å²) in [5, 5.41) is 4.04. The summed E-state index contributed by atoms with van der Waals surface area (Å²) in [5.74, 6) is 0. The number of para-hydroxylation sites is 2. The minimum absolute atomic E-state index is 0.298. The first-order valence-electron chi connectivity index (χ1n) is 18.3. The van der Waals surface area contributed by atoms with Gasteiger partial charge in [-0.1, -0.05) is 108 Å². The Kier molecular flexibility index (Phi) is 7.97. The summed E-state index contributed by atoms with van der Waals surface area (Å²) >= 11 is 0. The van der Waals surface area contributed by atoms with Crippen molar-refractivity contribution in [1.82, 2.24) is 9.13 Å². The molecule has 2 aromatic heterocycles. The van der Waals surface area contributed by atoms with E-state index in [1.165, 1.54) is 19.6 Å². The van der Waals surface area contributed by atoms with Gasteiger partial charge in [0.2, 0.25) is 0 Å². The average Bonchev–Trinajstić information content (AvgIpc) is 3.77. The molecule has 2 nitrogen and oxygen atoms in total. The monoisotopic (exact) mass is 710 g/mol. The van der Waals surface area contributed by atoms with Crippen LogP contribution in [0.4, 0.5) is 0 Å². The maximum atomic E-state index is 6.77. The number of aromatic nitrogens is 2. The van der Waals surface area contributed by atoms with Gasteiger partial charge in [0.25, 0.3) is 0 Å². The first-order chi connectivity index (χ1) is 27.0. The van der Waals surface area contributed by atoms with Gasteiger partial charge in [-0.2, -0.15) is 0 Å². The van der Waals surface area contributed by atoms with E-state index < -0.39 is 10.0 Å². The van der Waals surface area contributed by atoms with Gasteiger partial charge in [0.05, 0.1) is 16.6 Å². The molecule has 55 heavy (non-hydrogen) atoms. The lowest BCUT2D eigenvalue weighted by atomic mass is 9.65. The Labute approximate surface area is 327 Å². The topological polar surface area (TPSA) is 9.86 Å². The molecule has 8 radical (unpaired) electrons. The lowest BCUT2D eigenvalue weighted by Crippen LogP contribution is -2.48. The van der Waals surface area contributed by atoms with Crippen molar-refractivity contribution in [1.29, 1.82) is 0 Å². The molecule has 10 rings (SSSR count). The summed E-state index contributed by atoms with van der Waals surface area (Å²) in [6.07, 6.45) is 0. The Morgan fingerprint density at radius 3 is 1.42 bits per heavy atom. The van der Waals surface area contributed by atoms with Crippen LogP contribution in [-0.2, 0) is 0 Å². The van der Waals surface area contributed by atoms with Crippen molar-refractivity contribution >= 4 is 107 Å². The van der Waals surface area contributed by atoms with E-state index in [1.54, 1.807) is 0 Å². The van der Waals surface area contributed by atoms with Crippen LogP contribution in [0.25, 0.3) is 55.0 Å². The molecule has 0 saturated carbocycles. The highest BCUT2D eigenvalue weighted by molar-refractivity contribution is 8.34. The zero-order valence-electron chi connectivity index (χ0n) is 29.9. The van der Waals surface area contributed by atoms with E-state index in [-0.39, 0.29) is 0 Å². The summed E-state index contributed by atoms with van der Waals surface area (Å²) in [4.78, 5) is 5.10. The molecule has 8 aromatic carbocycles. The van der Waals surface area contributed by atoms with Crippen molar-refractivity contribution in [2.24, 2.45) is 0 Å². The predicted octanol–water partition coefficient (Wildman–Crippen LogP) is 8.40. The van der Waals surface area contributed by atoms with Gasteiger partial charge in [-0.3, -0.25) is 0 Å². The van der Waals surface area contributed by atoms with Crippen LogP contribution in [0.15, 0.2) is 202 Å². The van der Waals surface area contributed by atoms with Crippen LogP contribution in [0.5, 0.6) is 0 Å². The molecule has 0 saturated heterocycles. The Bertz CT molecular complexity index is 2990. The second-order valence-corrected chi connectivity index (χ2v) is 16.9. The Morgan fingerprint density at radius 2 is 0.800 bits per heavy atom. The van der Waals surface area contributed by atoms with Crippen molar-refractivity contribution in [3.8, 4) is 11.4 Å². The molecule has 0 N–H and O–H groups in total. The molecular weight excluding hydrogens is 680 g/mol. The van der Waals surface area contributed by atoms with Crippen LogP contribution >= 0.6 is 10.0 Å². The highest BCUT2D eigenvalue weighted by Crippen LogP contribution is 2.73. The van der Waals surface area contributed by atoms with Gasteiger partial charge in [0.1, 0.15) is 31.4 Å². The first kappa shape index (κ1) is 33.5. The second-order valence-electron chi connectivity index (χ2n) is 13.8. The van der Waals surface area contributed by atoms with Gasteiger partial charge in [-0.15, -0.1) is 21.0 Å². The van der Waals surface area contributed by atoms with Gasteiger partial charge < -0.3 is 9.13 Å². The van der Waals surface area contributed by atoms with E-state index in [0.717, 1.165) is 55.0 Å². The van der Waals surface area contributed by atoms with Crippen LogP contribution in [0.2, 0.25) is 0 Å². The summed E-state index contributed by atoms with van der Waals surface area (Å²) in [7, 11) is 24.4. The zero-order valence-corrected chi connectivity index (χ0v) is 30.7. The molecule has 0 aliphatic carbocycles. The molecule has 0 atom stereocenters. The highest BCUT2D eigenvalue weighted by atomic mass is 32.3. The number of fused-ring (bicyclic) bond motifs is 6. The molecular formula is C48H30B4N2S. The Balaban J connectivity index is 1.24. The molecule has 10 aromatic rings. The molecule has 0 bridgehead atoms. The average molecular weight is 710 g/mol. The van der Waals surface area contributed by atoms with Crippen molar-refractivity contribution < 1.29 is 0 Å². The normalized spacial score (nSPS) is 12.2. The van der Waals surface area contributed by atoms with Crippen molar-refractivity contribution in [2.75, 3.05) is 0 Å². The molecule has 0 amide bonds. The molecule has 0 aliphatic heterocycles. The SMILES string of the molecule is [B]c1c([B])c([B])c2c(c1[B])c1ccccc1n2-c1ccc2c(c1)c1ccccc1n2-c1cccc(S(c2ccccc2)(c2ccccc2)c2ccccc2)c1. The summed E-state index contributed by atoms with van der Waals surface area (Å²) < 4.78 is 4.55. The van der Waals surface area contributed by atoms with Crippen LogP contribution in [0.3, 0.4) is 0 Å².